The Kier molecular flexibility index (Phi) is 7.81. The quantitative estimate of drug-likeness (QED) is 0.467. The summed E-state index contributed by atoms with van der Waals surface area (Å²) >= 11 is 6.11. The van der Waals surface area contributed by atoms with Crippen molar-refractivity contribution in [2.24, 2.45) is 11.8 Å². The minimum atomic E-state index is -0.181. The summed E-state index contributed by atoms with van der Waals surface area (Å²) in [6, 6.07) is 3.29. The van der Waals surface area contributed by atoms with Crippen molar-refractivity contribution >= 4 is 29.1 Å². The monoisotopic (exact) mass is 474 g/mol. The van der Waals surface area contributed by atoms with E-state index < -0.39 is 0 Å². The number of hydrogen-bond donors (Lipinski definition) is 2. The van der Waals surface area contributed by atoms with Crippen molar-refractivity contribution in [3.05, 3.63) is 34.9 Å². The van der Waals surface area contributed by atoms with Crippen molar-refractivity contribution in [3.8, 4) is 5.75 Å². The number of methoxy groups -OCH3 is 1. The van der Waals surface area contributed by atoms with Crippen molar-refractivity contribution in [2.75, 3.05) is 45.6 Å². The van der Waals surface area contributed by atoms with Gasteiger partial charge in [-0.05, 0) is 62.5 Å². The molecule has 180 valence electrons. The number of rotatable bonds is 7. The zero-order valence-corrected chi connectivity index (χ0v) is 20.2. The van der Waals surface area contributed by atoms with Crippen LogP contribution in [0.15, 0.2) is 24.3 Å². The van der Waals surface area contributed by atoms with Crippen molar-refractivity contribution in [2.45, 2.75) is 44.6 Å². The van der Waals surface area contributed by atoms with E-state index in [2.05, 4.69) is 16.3 Å². The molecule has 2 saturated heterocycles. The maximum absolute atomic E-state index is 12.8. The zero-order valence-electron chi connectivity index (χ0n) is 19.4. The van der Waals surface area contributed by atoms with Gasteiger partial charge in [0.2, 0.25) is 5.91 Å². The topological polar surface area (TPSA) is 87.9 Å². The van der Waals surface area contributed by atoms with E-state index in [1.165, 1.54) is 20.0 Å². The molecule has 3 fully saturated rings. The van der Waals surface area contributed by atoms with Crippen LogP contribution in [0, 0.1) is 11.8 Å². The van der Waals surface area contributed by atoms with Crippen molar-refractivity contribution < 1.29 is 14.3 Å². The van der Waals surface area contributed by atoms with Gasteiger partial charge in [-0.15, -0.1) is 0 Å². The Balaban J connectivity index is 1.19. The van der Waals surface area contributed by atoms with E-state index in [4.69, 9.17) is 22.1 Å². The van der Waals surface area contributed by atoms with Crippen molar-refractivity contribution in [1.82, 2.24) is 15.1 Å². The molecule has 3 aliphatic rings. The number of nitrogens with one attached hydrogen (secondary N) is 1. The number of allylic oxidation sites excluding steroid dienone is 1. The molecule has 8 heteroatoms. The summed E-state index contributed by atoms with van der Waals surface area (Å²) in [5.74, 6) is 1.70. The Morgan fingerprint density at radius 1 is 1.12 bits per heavy atom. The van der Waals surface area contributed by atoms with Crippen molar-refractivity contribution in [3.63, 3.8) is 0 Å². The van der Waals surface area contributed by atoms with E-state index in [1.54, 1.807) is 18.2 Å². The van der Waals surface area contributed by atoms with Crippen LogP contribution in [0.5, 0.6) is 5.75 Å². The van der Waals surface area contributed by atoms with E-state index in [0.29, 0.717) is 33.9 Å². The molecule has 0 bridgehead atoms. The third-order valence-corrected chi connectivity index (χ3v) is 7.39. The van der Waals surface area contributed by atoms with E-state index in [-0.39, 0.29) is 17.9 Å². The van der Waals surface area contributed by atoms with E-state index in [0.717, 1.165) is 58.4 Å². The van der Waals surface area contributed by atoms with Crippen LogP contribution in [-0.4, -0.2) is 67.5 Å². The molecule has 0 aromatic heterocycles. The van der Waals surface area contributed by atoms with Gasteiger partial charge in [0, 0.05) is 44.8 Å². The van der Waals surface area contributed by atoms with Gasteiger partial charge in [0.25, 0.3) is 5.91 Å². The predicted molar refractivity (Wildman–Crippen MR) is 131 cm³/mol. The summed E-state index contributed by atoms with van der Waals surface area (Å²) < 4.78 is 5.31. The molecular weight excluding hydrogens is 440 g/mol. The number of piperidine rings is 2. The lowest BCUT2D eigenvalue weighted by molar-refractivity contribution is -0.127. The smallest absolute Gasteiger partial charge is 0.255 e. The van der Waals surface area contributed by atoms with Gasteiger partial charge in [0.05, 0.1) is 23.4 Å². The van der Waals surface area contributed by atoms with Gasteiger partial charge in [-0.3, -0.25) is 9.59 Å². The molecule has 2 heterocycles. The molecule has 7 nitrogen and oxygen atoms in total. The third-order valence-electron chi connectivity index (χ3n) is 7.06. The molecule has 2 aliphatic heterocycles. The molecule has 1 saturated carbocycles. The summed E-state index contributed by atoms with van der Waals surface area (Å²) in [6.45, 7) is 4.72. The molecule has 2 amide bonds. The number of nitrogen functional groups attached to an aromatic ring is 1. The van der Waals surface area contributed by atoms with Crippen LogP contribution in [0.3, 0.4) is 0 Å². The SMILES string of the molecule is COc1cc(N)c(Cl)cc1C(=O)NC1CCN(CC2CCN(C(=O)/C=C/C3CC3)CC2)CC1. The summed E-state index contributed by atoms with van der Waals surface area (Å²) in [5, 5.41) is 3.48. The number of hydrogen-bond acceptors (Lipinski definition) is 5. The number of anilines is 1. The summed E-state index contributed by atoms with van der Waals surface area (Å²) in [5.41, 5.74) is 6.62. The molecule has 33 heavy (non-hydrogen) atoms. The first-order chi connectivity index (χ1) is 15.9. The summed E-state index contributed by atoms with van der Waals surface area (Å²) in [7, 11) is 1.52. The van der Waals surface area contributed by atoms with Gasteiger partial charge in [-0.2, -0.15) is 0 Å². The fourth-order valence-electron chi connectivity index (χ4n) is 4.75. The largest absolute Gasteiger partial charge is 0.496 e. The molecule has 1 aromatic rings. The third kappa shape index (κ3) is 6.42. The maximum Gasteiger partial charge on any atom is 0.255 e. The van der Waals surface area contributed by atoms with E-state index in [1.807, 2.05) is 4.90 Å². The molecule has 0 spiro atoms. The Morgan fingerprint density at radius 3 is 2.45 bits per heavy atom. The average Bonchev–Trinajstić information content (AvgIpc) is 3.65. The van der Waals surface area contributed by atoms with Gasteiger partial charge < -0.3 is 25.6 Å². The molecule has 0 unspecified atom stereocenters. The fourth-order valence-corrected chi connectivity index (χ4v) is 4.92. The highest BCUT2D eigenvalue weighted by atomic mass is 35.5. The number of likely N-dealkylation sites (tertiary alicyclic amines) is 2. The lowest BCUT2D eigenvalue weighted by Crippen LogP contribution is -2.47. The second-order valence-electron chi connectivity index (χ2n) is 9.59. The van der Waals surface area contributed by atoms with Crippen LogP contribution in [0.1, 0.15) is 48.9 Å². The average molecular weight is 475 g/mol. The van der Waals surface area contributed by atoms with Crippen LogP contribution in [0.25, 0.3) is 0 Å². The van der Waals surface area contributed by atoms with Gasteiger partial charge >= 0.3 is 0 Å². The Bertz CT molecular complexity index is 886. The lowest BCUT2D eigenvalue weighted by Gasteiger charge is -2.37. The first kappa shape index (κ1) is 23.9. The molecule has 0 radical (unpaired) electrons. The van der Waals surface area contributed by atoms with Gasteiger partial charge in [-0.1, -0.05) is 17.7 Å². The highest BCUT2D eigenvalue weighted by molar-refractivity contribution is 6.33. The van der Waals surface area contributed by atoms with E-state index in [9.17, 15) is 9.59 Å². The number of nitrogens with two attached hydrogens (primary N) is 1. The number of ether oxygens (including phenoxy) is 1. The number of halogens is 1. The highest BCUT2D eigenvalue weighted by Crippen LogP contribution is 2.31. The highest BCUT2D eigenvalue weighted by Gasteiger charge is 2.27. The normalized spacial score (nSPS) is 20.8. The second-order valence-corrected chi connectivity index (χ2v) is 9.99. The number of benzene rings is 1. The molecule has 3 N–H and O–H groups in total. The van der Waals surface area contributed by atoms with Crippen LogP contribution in [0.4, 0.5) is 5.69 Å². The summed E-state index contributed by atoms with van der Waals surface area (Å²) in [4.78, 5) is 29.6. The Labute approximate surface area is 201 Å². The minimum Gasteiger partial charge on any atom is -0.496 e. The zero-order chi connectivity index (χ0) is 23.4. The van der Waals surface area contributed by atoms with Crippen LogP contribution >= 0.6 is 11.6 Å². The van der Waals surface area contributed by atoms with Crippen LogP contribution in [0.2, 0.25) is 5.02 Å². The minimum absolute atomic E-state index is 0.132. The second kappa shape index (κ2) is 10.8. The number of carbonyl (C=O) groups is 2. The van der Waals surface area contributed by atoms with Crippen molar-refractivity contribution in [1.29, 1.82) is 0 Å². The van der Waals surface area contributed by atoms with Crippen LogP contribution < -0.4 is 15.8 Å². The van der Waals surface area contributed by atoms with Gasteiger partial charge in [0.15, 0.2) is 0 Å². The predicted octanol–water partition coefficient (Wildman–Crippen LogP) is 3.33. The standard InChI is InChI=1S/C25H35ClN4O3/c1-33-23-15-22(27)21(26)14-20(23)25(32)28-19-8-10-29(11-9-19)16-18-6-12-30(13-7-18)24(31)5-4-17-2-3-17/h4-5,14-15,17-19H,2-3,6-13,16,27H2,1H3,(H,28,32)/b5-4+. The molecular formula is C25H35ClN4O3. The maximum atomic E-state index is 12.8. The van der Waals surface area contributed by atoms with Gasteiger partial charge in [-0.25, -0.2) is 0 Å². The first-order valence-electron chi connectivity index (χ1n) is 12.1. The van der Waals surface area contributed by atoms with Crippen LogP contribution in [-0.2, 0) is 4.79 Å². The Hall–Kier alpha value is -2.25. The van der Waals surface area contributed by atoms with E-state index >= 15 is 0 Å². The fraction of sp³-hybridized carbons (Fsp3) is 0.600. The molecule has 1 aliphatic carbocycles. The molecule has 0 atom stereocenters. The first-order valence-corrected chi connectivity index (χ1v) is 12.4. The summed E-state index contributed by atoms with van der Waals surface area (Å²) in [6.07, 6.45) is 10.3. The number of carbonyl (C=O) groups excluding carboxylic acids is 2. The number of nitrogens with zero attached hydrogens (tertiary/aromatic N) is 2. The molecule has 4 rings (SSSR count). The molecule has 1 aromatic carbocycles. The lowest BCUT2D eigenvalue weighted by atomic mass is 9.94. The Morgan fingerprint density at radius 2 is 1.82 bits per heavy atom. The number of amides is 2. The van der Waals surface area contributed by atoms with Gasteiger partial charge in [0.1, 0.15) is 5.75 Å².